The monoisotopic (exact) mass is 324 g/mol. The van der Waals surface area contributed by atoms with Crippen LogP contribution in [0.1, 0.15) is 57.8 Å². The Morgan fingerprint density at radius 2 is 1.22 bits per heavy atom. The molecule has 2 atom stereocenters. The molecular weight excluding hydrogens is 300 g/mol. The van der Waals surface area contributed by atoms with Crippen molar-refractivity contribution < 1.29 is 28.7 Å². The molecular formula is C17H24O6. The molecule has 0 N–H and O–H groups in total. The number of rotatable bonds is 10. The normalized spacial score (nSPS) is 23.7. The van der Waals surface area contributed by atoms with Crippen LogP contribution in [0.3, 0.4) is 0 Å². The molecule has 6 nitrogen and oxygen atoms in total. The summed E-state index contributed by atoms with van der Waals surface area (Å²) in [5.41, 5.74) is 0. The number of cyclic esters (lactones) is 2. The molecule has 0 aromatic rings. The van der Waals surface area contributed by atoms with E-state index in [0.29, 0.717) is 71.0 Å². The van der Waals surface area contributed by atoms with Gasteiger partial charge >= 0.3 is 11.9 Å². The highest BCUT2D eigenvalue weighted by atomic mass is 16.5. The van der Waals surface area contributed by atoms with E-state index in [1.54, 1.807) is 0 Å². The van der Waals surface area contributed by atoms with Crippen molar-refractivity contribution >= 4 is 23.5 Å². The Morgan fingerprint density at radius 3 is 1.57 bits per heavy atom. The quantitative estimate of drug-likeness (QED) is 0.571. The lowest BCUT2D eigenvalue weighted by atomic mass is 9.96. The van der Waals surface area contributed by atoms with Gasteiger partial charge in [-0.1, -0.05) is 0 Å². The fraction of sp³-hybridized carbons (Fsp3) is 0.765. The van der Waals surface area contributed by atoms with Crippen LogP contribution in [-0.4, -0.2) is 36.7 Å². The molecule has 2 saturated heterocycles. The van der Waals surface area contributed by atoms with Crippen LogP contribution in [0, 0.1) is 11.8 Å². The zero-order valence-electron chi connectivity index (χ0n) is 13.4. The van der Waals surface area contributed by atoms with Gasteiger partial charge in [-0.05, 0) is 32.1 Å². The van der Waals surface area contributed by atoms with Gasteiger partial charge in [0.25, 0.3) is 0 Å². The van der Waals surface area contributed by atoms with Crippen LogP contribution in [0.15, 0.2) is 0 Å². The third kappa shape index (κ3) is 5.77. The molecule has 0 saturated carbocycles. The summed E-state index contributed by atoms with van der Waals surface area (Å²) >= 11 is 0. The minimum absolute atomic E-state index is 0.0943. The summed E-state index contributed by atoms with van der Waals surface area (Å²) in [4.78, 5) is 46.1. The Kier molecular flexibility index (Phi) is 6.74. The van der Waals surface area contributed by atoms with E-state index in [9.17, 15) is 19.2 Å². The third-order valence-corrected chi connectivity index (χ3v) is 4.54. The molecule has 2 heterocycles. The first-order valence-electron chi connectivity index (χ1n) is 8.43. The van der Waals surface area contributed by atoms with E-state index in [1.807, 2.05) is 0 Å². The molecule has 0 bridgehead atoms. The maximum absolute atomic E-state index is 11.8. The van der Waals surface area contributed by atoms with E-state index in [1.165, 1.54) is 0 Å². The number of carbonyl (C=O) groups excluding carboxylic acids is 4. The molecule has 2 rings (SSSR count). The molecule has 0 amide bonds. The molecule has 2 aliphatic heterocycles. The van der Waals surface area contributed by atoms with Crippen molar-refractivity contribution in [3.8, 4) is 0 Å². The van der Waals surface area contributed by atoms with Gasteiger partial charge in [0.15, 0.2) is 0 Å². The molecule has 2 fully saturated rings. The number of hydrogen-bond donors (Lipinski definition) is 0. The molecule has 2 unspecified atom stereocenters. The number of ether oxygens (including phenoxy) is 2. The molecule has 23 heavy (non-hydrogen) atoms. The largest absolute Gasteiger partial charge is 0.465 e. The summed E-state index contributed by atoms with van der Waals surface area (Å²) in [5.74, 6) is -0.468. The third-order valence-electron chi connectivity index (χ3n) is 4.54. The number of hydrogen-bond acceptors (Lipinski definition) is 6. The first-order valence-corrected chi connectivity index (χ1v) is 8.43. The lowest BCUT2D eigenvalue weighted by Crippen LogP contribution is -2.11. The second kappa shape index (κ2) is 8.79. The van der Waals surface area contributed by atoms with Gasteiger partial charge in [-0.25, -0.2) is 0 Å². The summed E-state index contributed by atoms with van der Waals surface area (Å²) in [5, 5.41) is 0. The SMILES string of the molecule is O=C(CCCC(=O)CCC1CCOC1=O)CCC1CCOC1=O. The van der Waals surface area contributed by atoms with Gasteiger partial charge in [0.2, 0.25) is 0 Å². The fourth-order valence-corrected chi connectivity index (χ4v) is 3.00. The number of ketones is 2. The van der Waals surface area contributed by atoms with Gasteiger partial charge < -0.3 is 9.47 Å². The zero-order chi connectivity index (χ0) is 16.7. The number of esters is 2. The second-order valence-electron chi connectivity index (χ2n) is 6.31. The van der Waals surface area contributed by atoms with Gasteiger partial charge in [0.05, 0.1) is 25.0 Å². The summed E-state index contributed by atoms with van der Waals surface area (Å²) in [6.07, 6.45) is 4.55. The molecule has 0 aromatic carbocycles. The van der Waals surface area contributed by atoms with Crippen molar-refractivity contribution in [2.24, 2.45) is 11.8 Å². The van der Waals surface area contributed by atoms with Crippen LogP contribution >= 0.6 is 0 Å². The second-order valence-corrected chi connectivity index (χ2v) is 6.31. The predicted octanol–water partition coefficient (Wildman–Crippen LogP) is 1.98. The molecule has 0 aromatic heterocycles. The molecule has 0 spiro atoms. The lowest BCUT2D eigenvalue weighted by molar-refractivity contribution is -0.142. The number of Topliss-reactive ketones (excluding diaryl/α,β-unsaturated/α-hetero) is 2. The van der Waals surface area contributed by atoms with Gasteiger partial charge in [-0.3, -0.25) is 19.2 Å². The molecule has 0 aliphatic carbocycles. The van der Waals surface area contributed by atoms with Crippen molar-refractivity contribution in [1.82, 2.24) is 0 Å². The van der Waals surface area contributed by atoms with Gasteiger partial charge in [-0.2, -0.15) is 0 Å². The van der Waals surface area contributed by atoms with Crippen LogP contribution < -0.4 is 0 Å². The van der Waals surface area contributed by atoms with Gasteiger partial charge in [0, 0.05) is 25.7 Å². The van der Waals surface area contributed by atoms with Crippen LogP contribution in [0.5, 0.6) is 0 Å². The summed E-state index contributed by atoms with van der Waals surface area (Å²) in [7, 11) is 0. The van der Waals surface area contributed by atoms with Crippen molar-refractivity contribution in [2.45, 2.75) is 57.8 Å². The minimum atomic E-state index is -0.196. The Balaban J connectivity index is 1.51. The smallest absolute Gasteiger partial charge is 0.309 e. The molecule has 2 aliphatic rings. The highest BCUT2D eigenvalue weighted by Crippen LogP contribution is 2.21. The first kappa shape index (κ1) is 17.6. The summed E-state index contributed by atoms with van der Waals surface area (Å²) in [6.45, 7) is 0.918. The van der Waals surface area contributed by atoms with Crippen LogP contribution in [-0.2, 0) is 28.7 Å². The first-order chi connectivity index (χ1) is 11.1. The van der Waals surface area contributed by atoms with E-state index < -0.39 is 0 Å². The van der Waals surface area contributed by atoms with E-state index in [0.717, 1.165) is 0 Å². The van der Waals surface area contributed by atoms with Crippen molar-refractivity contribution in [3.05, 3.63) is 0 Å². The Bertz CT molecular complexity index is 428. The van der Waals surface area contributed by atoms with E-state index in [-0.39, 0.29) is 35.3 Å². The topological polar surface area (TPSA) is 86.7 Å². The Hall–Kier alpha value is -1.72. The van der Waals surface area contributed by atoms with Crippen molar-refractivity contribution in [2.75, 3.05) is 13.2 Å². The maximum Gasteiger partial charge on any atom is 0.309 e. The zero-order valence-corrected chi connectivity index (χ0v) is 13.4. The maximum atomic E-state index is 11.8. The summed E-state index contributed by atoms with van der Waals surface area (Å²) < 4.78 is 9.72. The lowest BCUT2D eigenvalue weighted by Gasteiger charge is -2.06. The average molecular weight is 324 g/mol. The molecule has 0 radical (unpaired) electrons. The highest BCUT2D eigenvalue weighted by molar-refractivity contribution is 5.82. The van der Waals surface area contributed by atoms with E-state index >= 15 is 0 Å². The molecule has 128 valence electrons. The van der Waals surface area contributed by atoms with Crippen LogP contribution in [0.2, 0.25) is 0 Å². The predicted molar refractivity (Wildman–Crippen MR) is 80.5 cm³/mol. The average Bonchev–Trinajstić information content (AvgIpc) is 3.11. The van der Waals surface area contributed by atoms with E-state index in [2.05, 4.69) is 0 Å². The fourth-order valence-electron chi connectivity index (χ4n) is 3.00. The van der Waals surface area contributed by atoms with E-state index in [4.69, 9.17) is 9.47 Å². The van der Waals surface area contributed by atoms with Crippen LogP contribution in [0.4, 0.5) is 0 Å². The summed E-state index contributed by atoms with van der Waals surface area (Å²) in [6, 6.07) is 0. The minimum Gasteiger partial charge on any atom is -0.465 e. The Morgan fingerprint density at radius 1 is 0.783 bits per heavy atom. The van der Waals surface area contributed by atoms with Crippen molar-refractivity contribution in [1.29, 1.82) is 0 Å². The number of carbonyl (C=O) groups is 4. The highest BCUT2D eigenvalue weighted by Gasteiger charge is 2.27. The van der Waals surface area contributed by atoms with Gasteiger partial charge in [0.1, 0.15) is 11.6 Å². The van der Waals surface area contributed by atoms with Gasteiger partial charge in [-0.15, -0.1) is 0 Å². The van der Waals surface area contributed by atoms with Crippen molar-refractivity contribution in [3.63, 3.8) is 0 Å². The Labute approximate surface area is 135 Å². The van der Waals surface area contributed by atoms with Crippen LogP contribution in [0.25, 0.3) is 0 Å². The standard InChI is InChI=1S/C17H24O6/c18-14(6-4-12-8-10-22-16(12)20)2-1-3-15(19)7-5-13-9-11-23-17(13)21/h12-13H,1-11H2. The molecule has 6 heteroatoms.